The van der Waals surface area contributed by atoms with E-state index in [2.05, 4.69) is 63.7 Å². The summed E-state index contributed by atoms with van der Waals surface area (Å²) in [6.45, 7) is 5.95. The molecule has 0 saturated heterocycles. The molecule has 3 heterocycles. The maximum Gasteiger partial charge on any atom is 0.153 e. The quantitative estimate of drug-likeness (QED) is 0.800. The zero-order chi connectivity index (χ0) is 16.7. The van der Waals surface area contributed by atoms with Gasteiger partial charge in [-0.3, -0.25) is 0 Å². The zero-order valence-corrected chi connectivity index (χ0v) is 14.5. The third-order valence-corrected chi connectivity index (χ3v) is 4.82. The second kappa shape index (κ2) is 6.02. The molecule has 6 nitrogen and oxygen atoms in total. The van der Waals surface area contributed by atoms with E-state index in [0.29, 0.717) is 12.0 Å². The molecule has 0 saturated carbocycles. The molecule has 1 unspecified atom stereocenters. The monoisotopic (exact) mass is 324 g/mol. The van der Waals surface area contributed by atoms with Crippen LogP contribution in [0.25, 0.3) is 11.0 Å². The number of aryl methyl sites for hydroxylation is 2. The third-order valence-electron chi connectivity index (χ3n) is 4.82. The summed E-state index contributed by atoms with van der Waals surface area (Å²) in [6, 6.07) is 8.68. The predicted molar refractivity (Wildman–Crippen MR) is 93.8 cm³/mol. The summed E-state index contributed by atoms with van der Waals surface area (Å²) >= 11 is 0. The van der Waals surface area contributed by atoms with Crippen LogP contribution in [0.4, 0.5) is 0 Å². The summed E-state index contributed by atoms with van der Waals surface area (Å²) in [6.07, 6.45) is 2.08. The Kier molecular flexibility index (Phi) is 3.84. The minimum atomic E-state index is 0.384. The number of para-hydroxylation sites is 2. The van der Waals surface area contributed by atoms with Crippen LogP contribution >= 0.6 is 0 Å². The van der Waals surface area contributed by atoms with Gasteiger partial charge in [0.2, 0.25) is 0 Å². The molecule has 1 N–H and O–H groups in total. The summed E-state index contributed by atoms with van der Waals surface area (Å²) < 4.78 is 4.24. The first-order valence-corrected chi connectivity index (χ1v) is 8.69. The van der Waals surface area contributed by atoms with E-state index in [1.165, 1.54) is 5.52 Å². The smallest absolute Gasteiger partial charge is 0.153 e. The average molecular weight is 324 g/mol. The van der Waals surface area contributed by atoms with E-state index in [4.69, 9.17) is 4.98 Å². The predicted octanol–water partition coefficient (Wildman–Crippen LogP) is 2.39. The van der Waals surface area contributed by atoms with Crippen LogP contribution in [0.1, 0.15) is 43.7 Å². The van der Waals surface area contributed by atoms with Crippen molar-refractivity contribution < 1.29 is 0 Å². The molecule has 1 aromatic carbocycles. The zero-order valence-electron chi connectivity index (χ0n) is 14.5. The summed E-state index contributed by atoms with van der Waals surface area (Å²) in [7, 11) is 2.08. The van der Waals surface area contributed by atoms with Crippen molar-refractivity contribution in [3.63, 3.8) is 0 Å². The van der Waals surface area contributed by atoms with Crippen molar-refractivity contribution in [1.29, 1.82) is 0 Å². The van der Waals surface area contributed by atoms with Crippen molar-refractivity contribution in [2.24, 2.45) is 7.05 Å². The first kappa shape index (κ1) is 15.3. The summed E-state index contributed by atoms with van der Waals surface area (Å²) in [5.74, 6) is 3.54. The fraction of sp³-hybridized carbons (Fsp3) is 0.500. The van der Waals surface area contributed by atoms with Gasteiger partial charge in [0.15, 0.2) is 5.82 Å². The first-order chi connectivity index (χ1) is 11.6. The van der Waals surface area contributed by atoms with Crippen molar-refractivity contribution in [2.45, 2.75) is 51.7 Å². The number of rotatable bonds is 4. The maximum absolute atomic E-state index is 4.73. The second-order valence-electron chi connectivity index (χ2n) is 6.92. The highest BCUT2D eigenvalue weighted by Crippen LogP contribution is 2.18. The fourth-order valence-corrected chi connectivity index (χ4v) is 3.33. The Morgan fingerprint density at radius 1 is 1.25 bits per heavy atom. The van der Waals surface area contributed by atoms with Crippen LogP contribution in [0.2, 0.25) is 0 Å². The van der Waals surface area contributed by atoms with Gasteiger partial charge in [-0.1, -0.05) is 26.0 Å². The molecule has 1 aliphatic heterocycles. The summed E-state index contributed by atoms with van der Waals surface area (Å²) in [5.41, 5.74) is 2.23. The SMILES string of the molecule is CC(C)c1nc2n(n1)CC(NCc1nc3ccccc3n1C)CC2. The Morgan fingerprint density at radius 3 is 2.88 bits per heavy atom. The molecule has 1 atom stereocenters. The molecule has 2 aromatic heterocycles. The number of nitrogens with one attached hydrogen (secondary N) is 1. The minimum Gasteiger partial charge on any atom is -0.330 e. The van der Waals surface area contributed by atoms with E-state index in [1.54, 1.807) is 0 Å². The van der Waals surface area contributed by atoms with Crippen LogP contribution < -0.4 is 5.32 Å². The van der Waals surface area contributed by atoms with E-state index < -0.39 is 0 Å². The molecule has 6 heteroatoms. The van der Waals surface area contributed by atoms with Crippen LogP contribution in [0, 0.1) is 0 Å². The van der Waals surface area contributed by atoms with Crippen LogP contribution in [0.3, 0.4) is 0 Å². The van der Waals surface area contributed by atoms with Gasteiger partial charge >= 0.3 is 0 Å². The molecule has 0 fully saturated rings. The van der Waals surface area contributed by atoms with Gasteiger partial charge in [-0.15, -0.1) is 0 Å². The third kappa shape index (κ3) is 2.71. The second-order valence-corrected chi connectivity index (χ2v) is 6.92. The number of benzene rings is 1. The fourth-order valence-electron chi connectivity index (χ4n) is 3.33. The molecule has 24 heavy (non-hydrogen) atoms. The molecule has 0 radical (unpaired) electrons. The normalized spacial score (nSPS) is 17.6. The molecule has 0 spiro atoms. The Hall–Kier alpha value is -2.21. The van der Waals surface area contributed by atoms with Crippen LogP contribution in [0.15, 0.2) is 24.3 Å². The number of fused-ring (bicyclic) bond motifs is 2. The van der Waals surface area contributed by atoms with Crippen LogP contribution in [-0.2, 0) is 26.6 Å². The number of hydrogen-bond donors (Lipinski definition) is 1. The molecule has 0 aliphatic carbocycles. The van der Waals surface area contributed by atoms with Gasteiger partial charge in [-0.25, -0.2) is 14.6 Å². The van der Waals surface area contributed by atoms with Gasteiger partial charge in [0.05, 0.1) is 24.1 Å². The highest BCUT2D eigenvalue weighted by Gasteiger charge is 2.22. The summed E-state index contributed by atoms with van der Waals surface area (Å²) in [4.78, 5) is 9.39. The van der Waals surface area contributed by atoms with Gasteiger partial charge < -0.3 is 9.88 Å². The lowest BCUT2D eigenvalue weighted by molar-refractivity contribution is 0.353. The number of aromatic nitrogens is 5. The van der Waals surface area contributed by atoms with Crippen molar-refractivity contribution in [1.82, 2.24) is 29.6 Å². The number of hydrogen-bond acceptors (Lipinski definition) is 4. The van der Waals surface area contributed by atoms with Crippen molar-refractivity contribution in [3.8, 4) is 0 Å². The lowest BCUT2D eigenvalue weighted by Crippen LogP contribution is -2.37. The highest BCUT2D eigenvalue weighted by molar-refractivity contribution is 5.75. The standard InChI is InChI=1S/C18H24N6/c1-12(2)18-21-16-9-8-13(11-24(16)22-18)19-10-17-20-14-6-4-5-7-15(14)23(17)3/h4-7,12-13,19H,8-11H2,1-3H3. The molecule has 0 amide bonds. The lowest BCUT2D eigenvalue weighted by atomic mass is 10.1. The first-order valence-electron chi connectivity index (χ1n) is 8.69. The van der Waals surface area contributed by atoms with Gasteiger partial charge in [0, 0.05) is 25.4 Å². The molecular formula is C18H24N6. The Balaban J connectivity index is 1.45. The molecule has 4 rings (SSSR count). The number of imidazole rings is 1. The average Bonchev–Trinajstić information content (AvgIpc) is 3.14. The van der Waals surface area contributed by atoms with E-state index in [-0.39, 0.29) is 0 Å². The minimum absolute atomic E-state index is 0.384. The Labute approximate surface area is 141 Å². The van der Waals surface area contributed by atoms with Gasteiger partial charge in [0.25, 0.3) is 0 Å². The van der Waals surface area contributed by atoms with Crippen LogP contribution in [0.5, 0.6) is 0 Å². The summed E-state index contributed by atoms with van der Waals surface area (Å²) in [5, 5.41) is 8.30. The highest BCUT2D eigenvalue weighted by atomic mass is 15.4. The van der Waals surface area contributed by atoms with Crippen molar-refractivity contribution in [3.05, 3.63) is 41.7 Å². The van der Waals surface area contributed by atoms with E-state index in [9.17, 15) is 0 Å². The topological polar surface area (TPSA) is 60.6 Å². The van der Waals surface area contributed by atoms with Crippen molar-refractivity contribution >= 4 is 11.0 Å². The molecule has 126 valence electrons. The lowest BCUT2D eigenvalue weighted by Gasteiger charge is -2.23. The maximum atomic E-state index is 4.73. The molecular weight excluding hydrogens is 300 g/mol. The molecule has 3 aromatic rings. The number of nitrogens with zero attached hydrogens (tertiary/aromatic N) is 5. The Bertz CT molecular complexity index is 860. The largest absolute Gasteiger partial charge is 0.330 e. The van der Waals surface area contributed by atoms with E-state index in [1.807, 2.05) is 6.07 Å². The van der Waals surface area contributed by atoms with Crippen molar-refractivity contribution in [2.75, 3.05) is 0 Å². The molecule has 1 aliphatic rings. The van der Waals surface area contributed by atoms with Gasteiger partial charge in [-0.2, -0.15) is 5.10 Å². The van der Waals surface area contributed by atoms with Crippen LogP contribution in [-0.4, -0.2) is 30.4 Å². The van der Waals surface area contributed by atoms with E-state index >= 15 is 0 Å². The van der Waals surface area contributed by atoms with Gasteiger partial charge in [-0.05, 0) is 18.6 Å². The van der Waals surface area contributed by atoms with Gasteiger partial charge in [0.1, 0.15) is 11.6 Å². The van der Waals surface area contributed by atoms with E-state index in [0.717, 1.165) is 48.9 Å². The Morgan fingerprint density at radius 2 is 2.08 bits per heavy atom. The molecule has 0 bridgehead atoms.